The summed E-state index contributed by atoms with van der Waals surface area (Å²) in [4.78, 5) is 13.5. The summed E-state index contributed by atoms with van der Waals surface area (Å²) in [6, 6.07) is 20.5. The zero-order valence-corrected chi connectivity index (χ0v) is 20.0. The summed E-state index contributed by atoms with van der Waals surface area (Å²) in [6.07, 6.45) is 0. The fourth-order valence-corrected chi connectivity index (χ4v) is 5.35. The molecule has 0 aliphatic heterocycles. The molecule has 1 N–H and O–H groups in total. The van der Waals surface area contributed by atoms with Gasteiger partial charge in [0.15, 0.2) is 0 Å². The topological polar surface area (TPSA) is 75.7 Å². The highest BCUT2D eigenvalue weighted by atomic mass is 35.5. The van der Waals surface area contributed by atoms with Crippen LogP contribution in [0.15, 0.2) is 82.6 Å². The maximum Gasteiger partial charge on any atom is 0.264 e. The average molecular weight is 491 g/mol. The number of hydrogen-bond donors (Lipinski definition) is 1. The lowest BCUT2D eigenvalue weighted by Crippen LogP contribution is -2.30. The number of nitrogens with one attached hydrogen (secondary N) is 1. The van der Waals surface area contributed by atoms with Crippen LogP contribution in [0.4, 0.5) is 11.4 Å². The first-order chi connectivity index (χ1) is 15.3. The standard InChI is InChI=1S/C23H23ClN2O4S2/c1-3-26(18-7-5-4-6-8-18)32(28,29)20-13-14-22(30-2)21(15-20)25-23(27)16-31-19-11-9-17(24)10-12-19/h4-15H,3,16H2,1-2H3,(H,25,27). The van der Waals surface area contributed by atoms with Gasteiger partial charge in [0.25, 0.3) is 10.0 Å². The van der Waals surface area contributed by atoms with Gasteiger partial charge in [-0.1, -0.05) is 29.8 Å². The maximum absolute atomic E-state index is 13.3. The van der Waals surface area contributed by atoms with Crippen LogP contribution in [0, 0.1) is 0 Å². The van der Waals surface area contributed by atoms with Crippen LogP contribution in [0.2, 0.25) is 5.02 Å². The first-order valence-corrected chi connectivity index (χ1v) is 12.6. The highest BCUT2D eigenvalue weighted by Crippen LogP contribution is 2.31. The van der Waals surface area contributed by atoms with Gasteiger partial charge in [0.05, 0.1) is 29.1 Å². The number of rotatable bonds is 9. The Labute approximate surface area is 197 Å². The first-order valence-electron chi connectivity index (χ1n) is 9.79. The number of sulfonamides is 1. The number of para-hydroxylation sites is 1. The van der Waals surface area contributed by atoms with Crippen LogP contribution < -0.4 is 14.4 Å². The Morgan fingerprint density at radius 2 is 1.75 bits per heavy atom. The van der Waals surface area contributed by atoms with Crippen LogP contribution in [0.1, 0.15) is 6.92 Å². The maximum atomic E-state index is 13.3. The summed E-state index contributed by atoms with van der Waals surface area (Å²) in [5, 5.41) is 3.38. The van der Waals surface area contributed by atoms with Crippen LogP contribution >= 0.6 is 23.4 Å². The molecule has 3 aromatic rings. The van der Waals surface area contributed by atoms with E-state index in [-0.39, 0.29) is 23.1 Å². The number of thioether (sulfide) groups is 1. The number of hydrogen-bond acceptors (Lipinski definition) is 5. The van der Waals surface area contributed by atoms with Gasteiger partial charge < -0.3 is 10.1 Å². The molecule has 0 spiro atoms. The fourth-order valence-electron chi connectivity index (χ4n) is 3.02. The second-order valence-electron chi connectivity index (χ2n) is 6.66. The molecule has 0 aromatic heterocycles. The fraction of sp³-hybridized carbons (Fsp3) is 0.174. The van der Waals surface area contributed by atoms with Gasteiger partial charge in [-0.3, -0.25) is 9.10 Å². The number of carbonyl (C=O) groups is 1. The highest BCUT2D eigenvalue weighted by molar-refractivity contribution is 8.00. The third kappa shape index (κ3) is 5.76. The van der Waals surface area contributed by atoms with Crippen molar-refractivity contribution in [1.82, 2.24) is 0 Å². The number of nitrogens with zero attached hydrogens (tertiary/aromatic N) is 1. The van der Waals surface area contributed by atoms with Gasteiger partial charge in [0.2, 0.25) is 5.91 Å². The van der Waals surface area contributed by atoms with Gasteiger partial charge >= 0.3 is 0 Å². The van der Waals surface area contributed by atoms with Crippen molar-refractivity contribution in [3.63, 3.8) is 0 Å². The Morgan fingerprint density at radius 1 is 1.06 bits per heavy atom. The van der Waals surface area contributed by atoms with Crippen molar-refractivity contribution in [3.05, 3.63) is 77.8 Å². The Kier molecular flexibility index (Phi) is 8.06. The number of amides is 1. The number of methoxy groups -OCH3 is 1. The Bertz CT molecular complexity index is 1170. The van der Waals surface area contributed by atoms with Gasteiger partial charge in [-0.15, -0.1) is 11.8 Å². The van der Waals surface area contributed by atoms with E-state index < -0.39 is 10.0 Å². The molecule has 6 nitrogen and oxygen atoms in total. The molecular weight excluding hydrogens is 468 g/mol. The van der Waals surface area contributed by atoms with Gasteiger partial charge in [-0.05, 0) is 61.5 Å². The van der Waals surface area contributed by atoms with Crippen molar-refractivity contribution >= 4 is 50.7 Å². The first kappa shape index (κ1) is 24.0. The molecule has 0 bridgehead atoms. The van der Waals surface area contributed by atoms with Gasteiger partial charge in [-0.2, -0.15) is 0 Å². The summed E-state index contributed by atoms with van der Waals surface area (Å²) in [5.41, 5.74) is 0.857. The van der Waals surface area contributed by atoms with Crippen molar-refractivity contribution in [2.75, 3.05) is 29.0 Å². The van der Waals surface area contributed by atoms with Crippen molar-refractivity contribution in [3.8, 4) is 5.75 Å². The van der Waals surface area contributed by atoms with Crippen LogP contribution in [-0.2, 0) is 14.8 Å². The molecule has 1 amide bonds. The Hall–Kier alpha value is -2.68. The minimum absolute atomic E-state index is 0.0599. The summed E-state index contributed by atoms with van der Waals surface area (Å²) in [5.74, 6) is 0.233. The Balaban J connectivity index is 1.81. The predicted molar refractivity (Wildman–Crippen MR) is 130 cm³/mol. The van der Waals surface area contributed by atoms with Crippen LogP contribution in [-0.4, -0.2) is 33.7 Å². The smallest absolute Gasteiger partial charge is 0.264 e. The summed E-state index contributed by atoms with van der Waals surface area (Å²) < 4.78 is 33.2. The second kappa shape index (κ2) is 10.8. The van der Waals surface area contributed by atoms with E-state index in [9.17, 15) is 13.2 Å². The minimum atomic E-state index is -3.84. The normalized spacial score (nSPS) is 11.1. The molecule has 0 aliphatic rings. The van der Waals surface area contributed by atoms with E-state index in [1.165, 1.54) is 41.4 Å². The summed E-state index contributed by atoms with van der Waals surface area (Å²) in [6.45, 7) is 2.03. The SMILES string of the molecule is CCN(c1ccccc1)S(=O)(=O)c1ccc(OC)c(NC(=O)CSc2ccc(Cl)cc2)c1. The van der Waals surface area contributed by atoms with Crippen LogP contribution in [0.25, 0.3) is 0 Å². The van der Waals surface area contributed by atoms with E-state index in [1.807, 2.05) is 18.2 Å². The zero-order valence-electron chi connectivity index (χ0n) is 17.6. The number of benzene rings is 3. The monoisotopic (exact) mass is 490 g/mol. The van der Waals surface area contributed by atoms with E-state index in [0.717, 1.165) is 4.90 Å². The number of ether oxygens (including phenoxy) is 1. The average Bonchev–Trinajstić information content (AvgIpc) is 2.79. The van der Waals surface area contributed by atoms with Crippen LogP contribution in [0.5, 0.6) is 5.75 Å². The van der Waals surface area contributed by atoms with Crippen LogP contribution in [0.3, 0.4) is 0 Å². The zero-order chi connectivity index (χ0) is 23.1. The van der Waals surface area contributed by atoms with Gasteiger partial charge in [-0.25, -0.2) is 8.42 Å². The molecule has 3 rings (SSSR count). The molecule has 32 heavy (non-hydrogen) atoms. The number of carbonyl (C=O) groups excluding carboxylic acids is 1. The highest BCUT2D eigenvalue weighted by Gasteiger charge is 2.25. The molecule has 0 atom stereocenters. The van der Waals surface area contributed by atoms with E-state index in [2.05, 4.69) is 5.32 Å². The predicted octanol–water partition coefficient (Wildman–Crippen LogP) is 5.29. The molecule has 168 valence electrons. The van der Waals surface area contributed by atoms with Crippen molar-refractivity contribution in [2.45, 2.75) is 16.7 Å². The lowest BCUT2D eigenvalue weighted by Gasteiger charge is -2.23. The number of halogens is 1. The van der Waals surface area contributed by atoms with Crippen molar-refractivity contribution < 1.29 is 17.9 Å². The lowest BCUT2D eigenvalue weighted by atomic mass is 10.3. The summed E-state index contributed by atoms with van der Waals surface area (Å²) >= 11 is 7.23. The molecular formula is C23H23ClN2O4S2. The van der Waals surface area contributed by atoms with E-state index in [0.29, 0.717) is 22.1 Å². The van der Waals surface area contributed by atoms with Gasteiger partial charge in [0.1, 0.15) is 5.75 Å². The van der Waals surface area contributed by atoms with E-state index in [1.54, 1.807) is 43.3 Å². The molecule has 0 saturated heterocycles. The lowest BCUT2D eigenvalue weighted by molar-refractivity contribution is -0.113. The molecule has 9 heteroatoms. The molecule has 0 fully saturated rings. The van der Waals surface area contributed by atoms with Crippen molar-refractivity contribution in [2.24, 2.45) is 0 Å². The summed E-state index contributed by atoms with van der Waals surface area (Å²) in [7, 11) is -2.38. The third-order valence-corrected chi connectivity index (χ3v) is 7.71. The quantitative estimate of drug-likeness (QED) is 0.412. The molecule has 0 unspecified atom stereocenters. The van der Waals surface area contributed by atoms with E-state index >= 15 is 0 Å². The van der Waals surface area contributed by atoms with Gasteiger partial charge in [0, 0.05) is 16.5 Å². The largest absolute Gasteiger partial charge is 0.495 e. The molecule has 0 aliphatic carbocycles. The number of anilines is 2. The second-order valence-corrected chi connectivity index (χ2v) is 10.0. The Morgan fingerprint density at radius 3 is 2.38 bits per heavy atom. The minimum Gasteiger partial charge on any atom is -0.495 e. The molecule has 0 saturated carbocycles. The third-order valence-electron chi connectivity index (χ3n) is 4.55. The molecule has 3 aromatic carbocycles. The molecule has 0 radical (unpaired) electrons. The molecule has 0 heterocycles. The van der Waals surface area contributed by atoms with E-state index in [4.69, 9.17) is 16.3 Å². The van der Waals surface area contributed by atoms with Crippen molar-refractivity contribution in [1.29, 1.82) is 0 Å².